The van der Waals surface area contributed by atoms with Gasteiger partial charge in [0.15, 0.2) is 0 Å². The number of carbonyl (C=O) groups is 2. The van der Waals surface area contributed by atoms with E-state index >= 15 is 0 Å². The Balaban J connectivity index is 1.16. The van der Waals surface area contributed by atoms with Gasteiger partial charge in [-0.15, -0.1) is 0 Å². The Bertz CT molecular complexity index is 907. The lowest BCUT2D eigenvalue weighted by molar-refractivity contribution is -0.124. The molecule has 4 saturated carbocycles. The second-order valence-electron chi connectivity index (χ2n) is 12.6. The van der Waals surface area contributed by atoms with E-state index in [1.807, 2.05) is 26.8 Å². The van der Waals surface area contributed by atoms with Crippen LogP contribution in [0, 0.1) is 30.1 Å². The molecule has 0 unspecified atom stereocenters. The normalized spacial score (nSPS) is 30.4. The minimum atomic E-state index is -0.471. The fourth-order valence-electron chi connectivity index (χ4n) is 7.50. The first kappa shape index (κ1) is 23.5. The van der Waals surface area contributed by atoms with Crippen molar-refractivity contribution in [3.8, 4) is 0 Å². The molecule has 6 heteroatoms. The molecule has 2 amide bonds. The number of nitrogens with zero attached hydrogens (tertiary/aromatic N) is 2. The molecule has 0 spiro atoms. The van der Waals surface area contributed by atoms with Gasteiger partial charge in [0.25, 0.3) is 0 Å². The fourth-order valence-corrected chi connectivity index (χ4v) is 7.50. The van der Waals surface area contributed by atoms with E-state index in [0.717, 1.165) is 47.8 Å². The number of benzene rings is 1. The summed E-state index contributed by atoms with van der Waals surface area (Å²) in [5.41, 5.74) is 2.94. The average Bonchev–Trinajstić information content (AvgIpc) is 2.72. The van der Waals surface area contributed by atoms with Crippen molar-refractivity contribution in [2.75, 3.05) is 36.4 Å². The monoisotopic (exact) mass is 467 g/mol. The summed E-state index contributed by atoms with van der Waals surface area (Å²) in [6.07, 6.45) is 8.47. The average molecular weight is 468 g/mol. The van der Waals surface area contributed by atoms with Gasteiger partial charge in [0.1, 0.15) is 5.60 Å². The van der Waals surface area contributed by atoms with Crippen molar-refractivity contribution in [1.29, 1.82) is 0 Å². The molecule has 1 aliphatic heterocycles. The van der Waals surface area contributed by atoms with Crippen LogP contribution in [0.1, 0.15) is 71.3 Å². The maximum atomic E-state index is 13.1. The number of anilines is 2. The van der Waals surface area contributed by atoms with Crippen LogP contribution in [0.5, 0.6) is 0 Å². The Labute approximate surface area is 204 Å². The van der Waals surface area contributed by atoms with Crippen LogP contribution >= 0.6 is 0 Å². The van der Waals surface area contributed by atoms with E-state index in [-0.39, 0.29) is 17.4 Å². The van der Waals surface area contributed by atoms with Crippen molar-refractivity contribution in [2.24, 2.45) is 23.2 Å². The molecule has 34 heavy (non-hydrogen) atoms. The maximum absolute atomic E-state index is 13.1. The van der Waals surface area contributed by atoms with Crippen LogP contribution in [0.25, 0.3) is 0 Å². The molecule has 0 atom stereocenters. The molecular weight excluding hydrogens is 426 g/mol. The first-order chi connectivity index (χ1) is 16.1. The molecule has 4 aliphatic carbocycles. The molecule has 5 fully saturated rings. The fraction of sp³-hybridized carbons (Fsp3) is 0.714. The number of hydrogen-bond donors (Lipinski definition) is 1. The number of piperazine rings is 1. The highest BCUT2D eigenvalue weighted by atomic mass is 16.6. The first-order valence-electron chi connectivity index (χ1n) is 13.2. The zero-order valence-corrected chi connectivity index (χ0v) is 21.4. The molecular formula is C28H41N3O3. The summed E-state index contributed by atoms with van der Waals surface area (Å²) < 4.78 is 5.51. The van der Waals surface area contributed by atoms with Crippen LogP contribution in [0.4, 0.5) is 16.2 Å². The van der Waals surface area contributed by atoms with Gasteiger partial charge in [-0.3, -0.25) is 4.79 Å². The molecule has 1 heterocycles. The number of amides is 2. The maximum Gasteiger partial charge on any atom is 0.410 e. The van der Waals surface area contributed by atoms with Crippen LogP contribution in [0.15, 0.2) is 18.2 Å². The van der Waals surface area contributed by atoms with Crippen molar-refractivity contribution >= 4 is 23.4 Å². The van der Waals surface area contributed by atoms with Gasteiger partial charge in [0.2, 0.25) is 5.91 Å². The Kier molecular flexibility index (Phi) is 6.06. The van der Waals surface area contributed by atoms with E-state index in [1.54, 1.807) is 4.90 Å². The number of ether oxygens (including phenoxy) is 1. The highest BCUT2D eigenvalue weighted by molar-refractivity contribution is 5.92. The number of carbonyl (C=O) groups excluding carboxylic acids is 2. The third-order valence-electron chi connectivity index (χ3n) is 8.48. The van der Waals surface area contributed by atoms with Gasteiger partial charge in [-0.05, 0) is 113 Å². The number of nitrogens with one attached hydrogen (secondary N) is 1. The second kappa shape index (κ2) is 8.76. The molecule has 0 radical (unpaired) electrons. The van der Waals surface area contributed by atoms with E-state index in [4.69, 9.17) is 4.74 Å². The van der Waals surface area contributed by atoms with Crippen LogP contribution in [-0.2, 0) is 9.53 Å². The van der Waals surface area contributed by atoms with Crippen molar-refractivity contribution in [3.63, 3.8) is 0 Å². The van der Waals surface area contributed by atoms with E-state index in [0.29, 0.717) is 19.5 Å². The summed E-state index contributed by atoms with van der Waals surface area (Å²) in [6, 6.07) is 6.29. The number of hydrogen-bond acceptors (Lipinski definition) is 4. The molecule has 0 aromatic heterocycles. The van der Waals surface area contributed by atoms with Gasteiger partial charge in [-0.25, -0.2) is 4.79 Å². The SMILES string of the molecule is Cc1cc(N2CCN(C(=O)OC(C)(C)C)CC2)ccc1NC(=O)CC12CC3CC(CC(C3)C1)C2. The Morgan fingerprint density at radius 2 is 1.59 bits per heavy atom. The lowest BCUT2D eigenvalue weighted by Gasteiger charge is -2.56. The Morgan fingerprint density at radius 1 is 1.00 bits per heavy atom. The summed E-state index contributed by atoms with van der Waals surface area (Å²) in [6.45, 7) is 10.6. The molecule has 6 nitrogen and oxygen atoms in total. The smallest absolute Gasteiger partial charge is 0.410 e. The minimum Gasteiger partial charge on any atom is -0.444 e. The van der Waals surface area contributed by atoms with Crippen molar-refractivity contribution in [1.82, 2.24) is 4.90 Å². The van der Waals surface area contributed by atoms with Crippen LogP contribution in [0.2, 0.25) is 0 Å². The third kappa shape index (κ3) is 5.06. The zero-order chi connectivity index (χ0) is 24.1. The summed E-state index contributed by atoms with van der Waals surface area (Å²) in [4.78, 5) is 29.5. The van der Waals surface area contributed by atoms with E-state index < -0.39 is 5.60 Å². The molecule has 1 aromatic carbocycles. The lowest BCUT2D eigenvalue weighted by atomic mass is 9.49. The van der Waals surface area contributed by atoms with Gasteiger partial charge in [0, 0.05) is 44.0 Å². The number of rotatable bonds is 4. The molecule has 1 saturated heterocycles. The summed E-state index contributed by atoms with van der Waals surface area (Å²) >= 11 is 0. The second-order valence-corrected chi connectivity index (χ2v) is 12.6. The van der Waals surface area contributed by atoms with Crippen LogP contribution in [0.3, 0.4) is 0 Å². The predicted octanol–water partition coefficient (Wildman–Crippen LogP) is 5.60. The van der Waals surface area contributed by atoms with Crippen molar-refractivity contribution in [3.05, 3.63) is 23.8 Å². The van der Waals surface area contributed by atoms with Gasteiger partial charge in [0.05, 0.1) is 0 Å². The number of aryl methyl sites for hydroxylation is 1. The Morgan fingerprint density at radius 3 is 2.12 bits per heavy atom. The predicted molar refractivity (Wildman–Crippen MR) is 135 cm³/mol. The molecule has 4 bridgehead atoms. The van der Waals surface area contributed by atoms with Gasteiger partial charge in [-0.2, -0.15) is 0 Å². The van der Waals surface area contributed by atoms with Crippen LogP contribution < -0.4 is 10.2 Å². The quantitative estimate of drug-likeness (QED) is 0.626. The van der Waals surface area contributed by atoms with Crippen molar-refractivity contribution in [2.45, 2.75) is 78.2 Å². The highest BCUT2D eigenvalue weighted by Gasteiger charge is 2.51. The van der Waals surface area contributed by atoms with E-state index in [1.165, 1.54) is 38.5 Å². The summed E-state index contributed by atoms with van der Waals surface area (Å²) in [5, 5.41) is 3.23. The Hall–Kier alpha value is -2.24. The van der Waals surface area contributed by atoms with Gasteiger partial charge in [-0.1, -0.05) is 0 Å². The third-order valence-corrected chi connectivity index (χ3v) is 8.48. The minimum absolute atomic E-state index is 0.184. The van der Waals surface area contributed by atoms with Crippen molar-refractivity contribution < 1.29 is 14.3 Å². The zero-order valence-electron chi connectivity index (χ0n) is 21.4. The molecule has 6 rings (SSSR count). The summed E-state index contributed by atoms with van der Waals surface area (Å²) in [7, 11) is 0. The topological polar surface area (TPSA) is 61.9 Å². The molecule has 186 valence electrons. The molecule has 1 N–H and O–H groups in total. The summed E-state index contributed by atoms with van der Waals surface area (Å²) in [5.74, 6) is 2.80. The largest absolute Gasteiger partial charge is 0.444 e. The van der Waals surface area contributed by atoms with E-state index in [9.17, 15) is 9.59 Å². The van der Waals surface area contributed by atoms with E-state index in [2.05, 4.69) is 29.3 Å². The standard InChI is InChI=1S/C28H41N3O3/c1-19-11-23(30-7-9-31(10-8-30)26(33)34-27(2,3)4)5-6-24(19)29-25(32)18-28-15-20-12-21(16-28)14-22(13-20)17-28/h5-6,11,20-22H,7-10,12-18H2,1-4H3,(H,29,32). The van der Waals surface area contributed by atoms with Gasteiger partial charge >= 0.3 is 6.09 Å². The highest BCUT2D eigenvalue weighted by Crippen LogP contribution is 2.61. The molecule has 1 aromatic rings. The lowest BCUT2D eigenvalue weighted by Crippen LogP contribution is -2.50. The first-order valence-corrected chi connectivity index (χ1v) is 13.2. The van der Waals surface area contributed by atoms with Crippen LogP contribution in [-0.4, -0.2) is 48.7 Å². The molecule has 5 aliphatic rings. The van der Waals surface area contributed by atoms with Gasteiger partial charge < -0.3 is 19.9 Å².